The lowest BCUT2D eigenvalue weighted by Gasteiger charge is -2.06. The second-order valence-corrected chi connectivity index (χ2v) is 6.76. The van der Waals surface area contributed by atoms with E-state index in [1.54, 1.807) is 10.9 Å². The largest absolute Gasteiger partial charge is 0.273 e. The molecule has 6 nitrogen and oxygen atoms in total. The maximum Gasteiger partial charge on any atom is 0.273 e. The molecule has 0 spiro atoms. The Morgan fingerprint density at radius 2 is 1.70 bits per heavy atom. The lowest BCUT2D eigenvalue weighted by molar-refractivity contribution is -0.123. The van der Waals surface area contributed by atoms with Gasteiger partial charge in [0.2, 0.25) is 5.91 Å². The molecule has 1 aliphatic rings. The van der Waals surface area contributed by atoms with Crippen molar-refractivity contribution in [3.05, 3.63) is 71.9 Å². The SMILES string of the molecule is Cc1ccc(-n2cc(C(=O)NNC(=O)C3CC3)c(-c3ccccc3)n2)cc1. The Bertz CT molecular complexity index is 973. The zero-order chi connectivity index (χ0) is 18.8. The van der Waals surface area contributed by atoms with Crippen molar-refractivity contribution in [1.82, 2.24) is 20.6 Å². The van der Waals surface area contributed by atoms with Crippen molar-refractivity contribution in [2.75, 3.05) is 0 Å². The molecule has 1 saturated carbocycles. The van der Waals surface area contributed by atoms with Gasteiger partial charge in [0.05, 0.1) is 11.3 Å². The summed E-state index contributed by atoms with van der Waals surface area (Å²) in [5.74, 6) is -0.508. The molecule has 0 saturated heterocycles. The second-order valence-electron chi connectivity index (χ2n) is 6.76. The van der Waals surface area contributed by atoms with E-state index < -0.39 is 0 Å². The number of carbonyl (C=O) groups is 2. The van der Waals surface area contributed by atoms with E-state index in [1.165, 1.54) is 0 Å². The molecule has 4 rings (SSSR count). The summed E-state index contributed by atoms with van der Waals surface area (Å²) < 4.78 is 1.68. The summed E-state index contributed by atoms with van der Waals surface area (Å²) in [5.41, 5.74) is 8.82. The van der Waals surface area contributed by atoms with Crippen molar-refractivity contribution in [2.45, 2.75) is 19.8 Å². The maximum absolute atomic E-state index is 12.7. The zero-order valence-corrected chi connectivity index (χ0v) is 15.0. The van der Waals surface area contributed by atoms with Gasteiger partial charge in [0.25, 0.3) is 5.91 Å². The third-order valence-corrected chi connectivity index (χ3v) is 4.55. The Balaban J connectivity index is 1.66. The third-order valence-electron chi connectivity index (χ3n) is 4.55. The molecule has 2 N–H and O–H groups in total. The molecule has 1 fully saturated rings. The van der Waals surface area contributed by atoms with E-state index in [-0.39, 0.29) is 17.7 Å². The van der Waals surface area contributed by atoms with Crippen LogP contribution in [0.4, 0.5) is 0 Å². The van der Waals surface area contributed by atoms with E-state index >= 15 is 0 Å². The van der Waals surface area contributed by atoms with Crippen LogP contribution in [-0.4, -0.2) is 21.6 Å². The van der Waals surface area contributed by atoms with Gasteiger partial charge >= 0.3 is 0 Å². The summed E-state index contributed by atoms with van der Waals surface area (Å²) in [5, 5.41) is 4.62. The first-order chi connectivity index (χ1) is 13.1. The fourth-order valence-corrected chi connectivity index (χ4v) is 2.81. The predicted octanol–water partition coefficient (Wildman–Crippen LogP) is 3.02. The number of hydrazine groups is 1. The van der Waals surface area contributed by atoms with Gasteiger partial charge in [0.15, 0.2) is 0 Å². The van der Waals surface area contributed by atoms with E-state index in [1.807, 2.05) is 61.5 Å². The summed E-state index contributed by atoms with van der Waals surface area (Å²) in [6.45, 7) is 2.02. The van der Waals surface area contributed by atoms with Crippen LogP contribution in [0.15, 0.2) is 60.8 Å². The van der Waals surface area contributed by atoms with Gasteiger partial charge in [-0.3, -0.25) is 20.4 Å². The lowest BCUT2D eigenvalue weighted by atomic mass is 10.1. The van der Waals surface area contributed by atoms with Crippen LogP contribution in [0.25, 0.3) is 16.9 Å². The first-order valence-electron chi connectivity index (χ1n) is 8.94. The summed E-state index contributed by atoms with van der Waals surface area (Å²) in [7, 11) is 0. The molecule has 0 aliphatic heterocycles. The average molecular weight is 360 g/mol. The minimum absolute atomic E-state index is 0.0224. The van der Waals surface area contributed by atoms with Crippen LogP contribution >= 0.6 is 0 Å². The predicted molar refractivity (Wildman–Crippen MR) is 102 cm³/mol. The summed E-state index contributed by atoms with van der Waals surface area (Å²) in [6, 6.07) is 17.4. The Labute approximate surface area is 157 Å². The molecule has 1 aromatic heterocycles. The van der Waals surface area contributed by atoms with Crippen LogP contribution in [0.3, 0.4) is 0 Å². The van der Waals surface area contributed by atoms with Gasteiger partial charge in [-0.1, -0.05) is 48.0 Å². The average Bonchev–Trinajstić information content (AvgIpc) is 3.45. The van der Waals surface area contributed by atoms with Gasteiger partial charge in [0.1, 0.15) is 5.69 Å². The van der Waals surface area contributed by atoms with Crippen molar-refractivity contribution >= 4 is 11.8 Å². The van der Waals surface area contributed by atoms with E-state index in [0.717, 1.165) is 29.7 Å². The van der Waals surface area contributed by atoms with Gasteiger partial charge in [-0.05, 0) is 31.9 Å². The first kappa shape index (κ1) is 17.0. The molecular weight excluding hydrogens is 340 g/mol. The summed E-state index contributed by atoms with van der Waals surface area (Å²) in [6.07, 6.45) is 3.44. The summed E-state index contributed by atoms with van der Waals surface area (Å²) >= 11 is 0. The molecule has 0 unspecified atom stereocenters. The van der Waals surface area contributed by atoms with Crippen molar-refractivity contribution in [3.63, 3.8) is 0 Å². The highest BCUT2D eigenvalue weighted by molar-refractivity contribution is 6.00. The monoisotopic (exact) mass is 360 g/mol. The third kappa shape index (κ3) is 3.74. The molecule has 27 heavy (non-hydrogen) atoms. The molecule has 2 amide bonds. The minimum Gasteiger partial charge on any atom is -0.273 e. The van der Waals surface area contributed by atoms with Crippen molar-refractivity contribution in [2.24, 2.45) is 5.92 Å². The highest BCUT2D eigenvalue weighted by atomic mass is 16.2. The van der Waals surface area contributed by atoms with Crippen LogP contribution < -0.4 is 10.9 Å². The number of nitrogens with zero attached hydrogens (tertiary/aromatic N) is 2. The van der Waals surface area contributed by atoms with Gasteiger partial charge in [-0.15, -0.1) is 0 Å². The number of carbonyl (C=O) groups excluding carboxylic acids is 2. The normalized spacial score (nSPS) is 13.2. The number of nitrogens with one attached hydrogen (secondary N) is 2. The topological polar surface area (TPSA) is 76.0 Å². The van der Waals surface area contributed by atoms with E-state index in [2.05, 4.69) is 16.0 Å². The molecule has 1 heterocycles. The Hall–Kier alpha value is -3.41. The molecule has 1 aliphatic carbocycles. The molecule has 2 aromatic carbocycles. The smallest absolute Gasteiger partial charge is 0.273 e. The van der Waals surface area contributed by atoms with E-state index in [9.17, 15) is 9.59 Å². The van der Waals surface area contributed by atoms with Gasteiger partial charge in [-0.2, -0.15) is 5.10 Å². The van der Waals surface area contributed by atoms with Crippen LogP contribution in [0, 0.1) is 12.8 Å². The van der Waals surface area contributed by atoms with Crippen LogP contribution in [0.1, 0.15) is 28.8 Å². The fourth-order valence-electron chi connectivity index (χ4n) is 2.81. The highest BCUT2D eigenvalue weighted by Crippen LogP contribution is 2.28. The fraction of sp³-hybridized carbons (Fsp3) is 0.190. The van der Waals surface area contributed by atoms with Gasteiger partial charge in [-0.25, -0.2) is 4.68 Å². The molecule has 0 radical (unpaired) electrons. The van der Waals surface area contributed by atoms with Crippen molar-refractivity contribution in [1.29, 1.82) is 0 Å². The molecule has 136 valence electrons. The molecule has 0 atom stereocenters. The number of aryl methyl sites for hydroxylation is 1. The minimum atomic E-state index is -0.388. The van der Waals surface area contributed by atoms with Crippen molar-refractivity contribution < 1.29 is 9.59 Å². The standard InChI is InChI=1S/C21H20N4O2/c1-14-7-11-17(12-8-14)25-13-18(19(24-25)15-5-3-2-4-6-15)21(27)23-22-20(26)16-9-10-16/h2-8,11-13,16H,9-10H2,1H3,(H,22,26)(H,23,27). The highest BCUT2D eigenvalue weighted by Gasteiger charge is 2.30. The quantitative estimate of drug-likeness (QED) is 0.702. The van der Waals surface area contributed by atoms with Crippen molar-refractivity contribution in [3.8, 4) is 16.9 Å². The number of hydrogen-bond donors (Lipinski definition) is 2. The molecular formula is C21H20N4O2. The Morgan fingerprint density at radius 1 is 1.00 bits per heavy atom. The van der Waals surface area contributed by atoms with E-state index in [4.69, 9.17) is 0 Å². The summed E-state index contributed by atoms with van der Waals surface area (Å²) in [4.78, 5) is 24.5. The lowest BCUT2D eigenvalue weighted by Crippen LogP contribution is -2.42. The zero-order valence-electron chi connectivity index (χ0n) is 15.0. The Kier molecular flexibility index (Phi) is 4.46. The Morgan fingerprint density at radius 3 is 2.37 bits per heavy atom. The number of rotatable bonds is 4. The van der Waals surface area contributed by atoms with Crippen LogP contribution in [0.2, 0.25) is 0 Å². The van der Waals surface area contributed by atoms with Crippen LogP contribution in [0.5, 0.6) is 0 Å². The van der Waals surface area contributed by atoms with E-state index in [0.29, 0.717) is 11.3 Å². The van der Waals surface area contributed by atoms with Crippen LogP contribution in [-0.2, 0) is 4.79 Å². The number of hydrogen-bond acceptors (Lipinski definition) is 3. The second kappa shape index (κ2) is 7.07. The first-order valence-corrected chi connectivity index (χ1v) is 8.94. The number of benzene rings is 2. The number of aromatic nitrogens is 2. The maximum atomic E-state index is 12.7. The van der Waals surface area contributed by atoms with Gasteiger partial charge < -0.3 is 0 Å². The molecule has 0 bridgehead atoms. The van der Waals surface area contributed by atoms with Gasteiger partial charge in [0, 0.05) is 17.7 Å². The number of amides is 2. The molecule has 3 aromatic rings. The molecule has 6 heteroatoms.